The summed E-state index contributed by atoms with van der Waals surface area (Å²) in [7, 11) is 0. The van der Waals surface area contributed by atoms with E-state index < -0.39 is 0 Å². The zero-order valence-electron chi connectivity index (χ0n) is 16.4. The molecule has 1 heterocycles. The van der Waals surface area contributed by atoms with Crippen molar-refractivity contribution in [2.75, 3.05) is 26.2 Å². The number of carbonyl (C=O) groups is 2. The van der Waals surface area contributed by atoms with E-state index in [-0.39, 0.29) is 17.2 Å². The van der Waals surface area contributed by atoms with E-state index in [1.54, 1.807) is 0 Å². The third-order valence-electron chi connectivity index (χ3n) is 5.05. The van der Waals surface area contributed by atoms with Crippen LogP contribution in [0.1, 0.15) is 57.2 Å². The summed E-state index contributed by atoms with van der Waals surface area (Å²) in [5.74, 6) is 0.348. The molecular formula is C21H32N2O2. The molecule has 0 saturated carbocycles. The summed E-state index contributed by atoms with van der Waals surface area (Å²) in [6.07, 6.45) is 1.84. The van der Waals surface area contributed by atoms with Gasteiger partial charge in [0.2, 0.25) is 11.8 Å². The Kier molecular flexibility index (Phi) is 6.26. The lowest BCUT2D eigenvalue weighted by molar-refractivity contribution is -0.133. The molecule has 1 saturated heterocycles. The maximum Gasteiger partial charge on any atom is 0.227 e. The molecule has 1 aromatic carbocycles. The minimum Gasteiger partial charge on any atom is -0.341 e. The molecule has 138 valence electrons. The van der Waals surface area contributed by atoms with Crippen molar-refractivity contribution in [1.29, 1.82) is 0 Å². The van der Waals surface area contributed by atoms with Crippen molar-refractivity contribution >= 4 is 11.8 Å². The van der Waals surface area contributed by atoms with Gasteiger partial charge in [-0.15, -0.1) is 0 Å². The summed E-state index contributed by atoms with van der Waals surface area (Å²) in [6, 6.07) is 6.44. The highest BCUT2D eigenvalue weighted by molar-refractivity contribution is 5.79. The number of hydrogen-bond donors (Lipinski definition) is 0. The standard InChI is InChI=1S/C21H32N2O2/c1-6-19(24)22-10-7-11-23(13-12-22)20(25)15-17-8-9-18(14-16(17)2)21(3,4)5/h8-9,14H,6-7,10-13,15H2,1-5H3. The molecule has 0 spiro atoms. The average Bonchev–Trinajstić information content (AvgIpc) is 2.81. The number of rotatable bonds is 3. The number of aryl methyl sites for hydroxylation is 1. The normalized spacial score (nSPS) is 15.9. The van der Waals surface area contributed by atoms with E-state index in [1.165, 1.54) is 11.1 Å². The molecule has 2 rings (SSSR count). The van der Waals surface area contributed by atoms with E-state index >= 15 is 0 Å². The van der Waals surface area contributed by atoms with Gasteiger partial charge in [-0.3, -0.25) is 9.59 Å². The Morgan fingerprint density at radius 3 is 2.12 bits per heavy atom. The van der Waals surface area contributed by atoms with Crippen LogP contribution in [-0.2, 0) is 21.4 Å². The molecule has 0 aliphatic carbocycles. The lowest BCUT2D eigenvalue weighted by atomic mass is 9.85. The predicted molar refractivity (Wildman–Crippen MR) is 102 cm³/mol. The lowest BCUT2D eigenvalue weighted by Gasteiger charge is -2.23. The third-order valence-corrected chi connectivity index (χ3v) is 5.05. The monoisotopic (exact) mass is 344 g/mol. The van der Waals surface area contributed by atoms with Gasteiger partial charge in [0.05, 0.1) is 6.42 Å². The number of amides is 2. The fourth-order valence-corrected chi connectivity index (χ4v) is 3.28. The largest absolute Gasteiger partial charge is 0.341 e. The SMILES string of the molecule is CCC(=O)N1CCCN(C(=O)Cc2ccc(C(C)(C)C)cc2C)CC1. The summed E-state index contributed by atoms with van der Waals surface area (Å²) in [5, 5.41) is 0. The van der Waals surface area contributed by atoms with Gasteiger partial charge in [0.15, 0.2) is 0 Å². The molecule has 0 radical (unpaired) electrons. The molecular weight excluding hydrogens is 312 g/mol. The maximum absolute atomic E-state index is 12.7. The fraction of sp³-hybridized carbons (Fsp3) is 0.619. The van der Waals surface area contributed by atoms with Crippen LogP contribution in [-0.4, -0.2) is 47.8 Å². The van der Waals surface area contributed by atoms with E-state index in [0.717, 1.165) is 25.1 Å². The Morgan fingerprint density at radius 1 is 1.00 bits per heavy atom. The summed E-state index contributed by atoms with van der Waals surface area (Å²) < 4.78 is 0. The highest BCUT2D eigenvalue weighted by Crippen LogP contribution is 2.24. The van der Waals surface area contributed by atoms with Crippen LogP contribution in [0.3, 0.4) is 0 Å². The molecule has 0 N–H and O–H groups in total. The van der Waals surface area contributed by atoms with Crippen LogP contribution < -0.4 is 0 Å². The first-order chi connectivity index (χ1) is 11.7. The van der Waals surface area contributed by atoms with Gasteiger partial charge in [0, 0.05) is 32.6 Å². The molecule has 0 bridgehead atoms. The van der Waals surface area contributed by atoms with E-state index in [0.29, 0.717) is 25.9 Å². The minimum absolute atomic E-state index is 0.118. The minimum atomic E-state index is 0.118. The number of benzene rings is 1. The quantitative estimate of drug-likeness (QED) is 0.844. The van der Waals surface area contributed by atoms with Crippen molar-refractivity contribution in [3.8, 4) is 0 Å². The molecule has 4 nitrogen and oxygen atoms in total. The number of hydrogen-bond acceptors (Lipinski definition) is 2. The third kappa shape index (κ3) is 5.07. The molecule has 1 fully saturated rings. The van der Waals surface area contributed by atoms with Gasteiger partial charge in [-0.1, -0.05) is 45.9 Å². The molecule has 25 heavy (non-hydrogen) atoms. The molecule has 0 atom stereocenters. The second-order valence-electron chi connectivity index (χ2n) is 8.04. The lowest BCUT2D eigenvalue weighted by Crippen LogP contribution is -2.37. The van der Waals surface area contributed by atoms with Crippen molar-refractivity contribution in [1.82, 2.24) is 9.80 Å². The first kappa shape index (κ1) is 19.5. The van der Waals surface area contributed by atoms with Crippen molar-refractivity contribution in [3.05, 3.63) is 34.9 Å². The first-order valence-corrected chi connectivity index (χ1v) is 9.38. The average molecular weight is 344 g/mol. The Bertz CT molecular complexity index is 631. The Hall–Kier alpha value is -1.84. The van der Waals surface area contributed by atoms with Crippen molar-refractivity contribution in [2.45, 2.75) is 59.3 Å². The molecule has 2 amide bonds. The summed E-state index contributed by atoms with van der Waals surface area (Å²) in [4.78, 5) is 28.4. The molecule has 1 aromatic rings. The van der Waals surface area contributed by atoms with Crippen LogP contribution in [0.25, 0.3) is 0 Å². The van der Waals surface area contributed by atoms with Crippen LogP contribution in [0.5, 0.6) is 0 Å². The highest BCUT2D eigenvalue weighted by Gasteiger charge is 2.22. The zero-order chi connectivity index (χ0) is 18.6. The van der Waals surface area contributed by atoms with Crippen LogP contribution in [0.4, 0.5) is 0 Å². The Labute approximate surface area is 152 Å². The van der Waals surface area contributed by atoms with E-state index in [2.05, 4.69) is 45.9 Å². The fourth-order valence-electron chi connectivity index (χ4n) is 3.28. The number of carbonyl (C=O) groups excluding carboxylic acids is 2. The first-order valence-electron chi connectivity index (χ1n) is 9.38. The van der Waals surface area contributed by atoms with Gasteiger partial charge in [-0.2, -0.15) is 0 Å². The van der Waals surface area contributed by atoms with Gasteiger partial charge >= 0.3 is 0 Å². The molecule has 4 heteroatoms. The topological polar surface area (TPSA) is 40.6 Å². The van der Waals surface area contributed by atoms with Crippen LogP contribution in [0.2, 0.25) is 0 Å². The Morgan fingerprint density at radius 2 is 1.60 bits per heavy atom. The molecule has 0 unspecified atom stereocenters. The second kappa shape index (κ2) is 8.03. The van der Waals surface area contributed by atoms with E-state index in [1.807, 2.05) is 16.7 Å². The maximum atomic E-state index is 12.7. The van der Waals surface area contributed by atoms with E-state index in [9.17, 15) is 9.59 Å². The predicted octanol–water partition coefficient (Wildman–Crippen LogP) is 3.31. The van der Waals surface area contributed by atoms with Crippen molar-refractivity contribution in [2.24, 2.45) is 0 Å². The van der Waals surface area contributed by atoms with Gasteiger partial charge in [-0.25, -0.2) is 0 Å². The molecule has 1 aliphatic heterocycles. The van der Waals surface area contributed by atoms with Gasteiger partial charge < -0.3 is 9.80 Å². The van der Waals surface area contributed by atoms with Gasteiger partial charge in [0.1, 0.15) is 0 Å². The summed E-state index contributed by atoms with van der Waals surface area (Å²) in [5.41, 5.74) is 3.69. The van der Waals surface area contributed by atoms with Crippen LogP contribution in [0, 0.1) is 6.92 Å². The number of nitrogens with zero attached hydrogens (tertiary/aromatic N) is 2. The van der Waals surface area contributed by atoms with Gasteiger partial charge in [-0.05, 0) is 35.4 Å². The second-order valence-corrected chi connectivity index (χ2v) is 8.04. The smallest absolute Gasteiger partial charge is 0.227 e. The summed E-state index contributed by atoms with van der Waals surface area (Å²) in [6.45, 7) is 13.4. The summed E-state index contributed by atoms with van der Waals surface area (Å²) >= 11 is 0. The highest BCUT2D eigenvalue weighted by atomic mass is 16.2. The van der Waals surface area contributed by atoms with E-state index in [4.69, 9.17) is 0 Å². The van der Waals surface area contributed by atoms with Crippen LogP contribution >= 0.6 is 0 Å². The van der Waals surface area contributed by atoms with Crippen molar-refractivity contribution < 1.29 is 9.59 Å². The molecule has 0 aromatic heterocycles. The van der Waals surface area contributed by atoms with Crippen LogP contribution in [0.15, 0.2) is 18.2 Å². The Balaban J connectivity index is 2.01. The zero-order valence-corrected chi connectivity index (χ0v) is 16.4. The molecule has 1 aliphatic rings. The van der Waals surface area contributed by atoms with Gasteiger partial charge in [0.25, 0.3) is 0 Å². The van der Waals surface area contributed by atoms with Crippen molar-refractivity contribution in [3.63, 3.8) is 0 Å².